The Balaban J connectivity index is 1.72. The van der Waals surface area contributed by atoms with Gasteiger partial charge in [0.05, 0.1) is 6.20 Å². The molecule has 98 valence electrons. The summed E-state index contributed by atoms with van der Waals surface area (Å²) in [6.07, 6.45) is 1.59. The van der Waals surface area contributed by atoms with Crippen LogP contribution in [0.2, 0.25) is 0 Å². The molecule has 2 N–H and O–H groups in total. The molecule has 0 amide bonds. The first-order valence-electron chi connectivity index (χ1n) is 5.89. The van der Waals surface area contributed by atoms with E-state index in [1.165, 1.54) is 0 Å². The monoisotopic (exact) mass is 259 g/mol. The molecule has 3 rings (SSSR count). The summed E-state index contributed by atoms with van der Waals surface area (Å²) < 4.78 is 16.2. The van der Waals surface area contributed by atoms with Gasteiger partial charge in [-0.25, -0.2) is 0 Å². The van der Waals surface area contributed by atoms with Crippen molar-refractivity contribution in [2.24, 2.45) is 5.73 Å². The number of nitrogens with two attached hydrogens (primary N) is 1. The van der Waals surface area contributed by atoms with Gasteiger partial charge in [-0.3, -0.25) is 0 Å². The number of fused-ring (bicyclic) bond motifs is 1. The molecule has 2 heterocycles. The molecule has 6 nitrogen and oxygen atoms in total. The Bertz CT molecular complexity index is 589. The van der Waals surface area contributed by atoms with Crippen LogP contribution in [0, 0.1) is 0 Å². The highest BCUT2D eigenvalue weighted by atomic mass is 16.7. The van der Waals surface area contributed by atoms with Crippen molar-refractivity contribution >= 4 is 0 Å². The lowest BCUT2D eigenvalue weighted by Gasteiger charge is -2.08. The fourth-order valence-electron chi connectivity index (χ4n) is 1.80. The van der Waals surface area contributed by atoms with E-state index >= 15 is 0 Å². The van der Waals surface area contributed by atoms with Crippen LogP contribution in [0.5, 0.6) is 17.4 Å². The number of rotatable bonds is 4. The van der Waals surface area contributed by atoms with Gasteiger partial charge < -0.3 is 19.9 Å². The van der Waals surface area contributed by atoms with Gasteiger partial charge in [0.15, 0.2) is 11.5 Å². The molecule has 19 heavy (non-hydrogen) atoms. The molecule has 0 saturated carbocycles. The number of hydrogen-bond donors (Lipinski definition) is 1. The first-order chi connectivity index (χ1) is 9.36. The van der Waals surface area contributed by atoms with E-state index in [1.807, 2.05) is 18.2 Å². The summed E-state index contributed by atoms with van der Waals surface area (Å²) >= 11 is 0. The van der Waals surface area contributed by atoms with E-state index in [9.17, 15) is 0 Å². The van der Waals surface area contributed by atoms with Gasteiger partial charge in [-0.2, -0.15) is 5.10 Å². The van der Waals surface area contributed by atoms with E-state index in [1.54, 1.807) is 12.3 Å². The molecule has 0 bridgehead atoms. The van der Waals surface area contributed by atoms with Crippen LogP contribution >= 0.6 is 0 Å². The summed E-state index contributed by atoms with van der Waals surface area (Å²) in [6, 6.07) is 7.47. The molecule has 1 aromatic carbocycles. The third-order valence-corrected chi connectivity index (χ3v) is 2.80. The highest BCUT2D eigenvalue weighted by molar-refractivity contribution is 5.44. The zero-order chi connectivity index (χ0) is 13.1. The van der Waals surface area contributed by atoms with Crippen molar-refractivity contribution in [3.63, 3.8) is 0 Å². The SMILES string of the molecule is NCc1ccnnc1OCc1ccc2c(c1)OCO2. The van der Waals surface area contributed by atoms with E-state index in [-0.39, 0.29) is 6.79 Å². The summed E-state index contributed by atoms with van der Waals surface area (Å²) in [5.74, 6) is 1.95. The second-order valence-electron chi connectivity index (χ2n) is 4.04. The van der Waals surface area contributed by atoms with Crippen molar-refractivity contribution in [2.45, 2.75) is 13.2 Å². The molecule has 0 unspecified atom stereocenters. The Hall–Kier alpha value is -2.34. The van der Waals surface area contributed by atoms with Gasteiger partial charge in [0.25, 0.3) is 0 Å². The van der Waals surface area contributed by atoms with Crippen molar-refractivity contribution in [1.82, 2.24) is 10.2 Å². The van der Waals surface area contributed by atoms with Crippen molar-refractivity contribution in [1.29, 1.82) is 0 Å². The third-order valence-electron chi connectivity index (χ3n) is 2.80. The number of aromatic nitrogens is 2. The third kappa shape index (κ3) is 2.43. The van der Waals surface area contributed by atoms with Gasteiger partial charge in [0, 0.05) is 12.1 Å². The number of hydrogen-bond acceptors (Lipinski definition) is 6. The molecule has 6 heteroatoms. The zero-order valence-electron chi connectivity index (χ0n) is 10.2. The van der Waals surface area contributed by atoms with E-state index < -0.39 is 0 Å². The molecule has 2 aromatic rings. The van der Waals surface area contributed by atoms with Gasteiger partial charge in [0.1, 0.15) is 6.61 Å². The standard InChI is InChI=1S/C13H13N3O3/c14-6-10-3-4-15-16-13(10)17-7-9-1-2-11-12(5-9)19-8-18-11/h1-5H,6-8,14H2. The van der Waals surface area contributed by atoms with Crippen molar-refractivity contribution < 1.29 is 14.2 Å². The predicted molar refractivity (Wildman–Crippen MR) is 66.8 cm³/mol. The van der Waals surface area contributed by atoms with Crippen LogP contribution in [-0.2, 0) is 13.2 Å². The predicted octanol–water partition coefficient (Wildman–Crippen LogP) is 1.24. The molecule has 1 aliphatic heterocycles. The smallest absolute Gasteiger partial charge is 0.238 e. The summed E-state index contributed by atoms with van der Waals surface area (Å²) in [7, 11) is 0. The van der Waals surface area contributed by atoms with Crippen LogP contribution in [0.25, 0.3) is 0 Å². The Kier molecular flexibility index (Phi) is 3.16. The topological polar surface area (TPSA) is 79.5 Å². The molecular formula is C13H13N3O3. The molecule has 0 atom stereocenters. The molecule has 1 aromatic heterocycles. The summed E-state index contributed by atoms with van der Waals surface area (Å²) in [5.41, 5.74) is 7.41. The van der Waals surface area contributed by atoms with Gasteiger partial charge in [-0.05, 0) is 23.8 Å². The van der Waals surface area contributed by atoms with E-state index in [0.29, 0.717) is 19.0 Å². The van der Waals surface area contributed by atoms with Gasteiger partial charge >= 0.3 is 0 Å². The number of nitrogens with zero attached hydrogens (tertiary/aromatic N) is 2. The van der Waals surface area contributed by atoms with Crippen LogP contribution in [-0.4, -0.2) is 17.0 Å². The lowest BCUT2D eigenvalue weighted by molar-refractivity contribution is 0.174. The maximum absolute atomic E-state index is 5.62. The minimum absolute atomic E-state index is 0.265. The van der Waals surface area contributed by atoms with Crippen LogP contribution in [0.3, 0.4) is 0 Å². The van der Waals surface area contributed by atoms with E-state index in [0.717, 1.165) is 22.6 Å². The maximum atomic E-state index is 5.62. The van der Waals surface area contributed by atoms with Crippen LogP contribution in [0.4, 0.5) is 0 Å². The average Bonchev–Trinajstić information content (AvgIpc) is 2.93. The van der Waals surface area contributed by atoms with Crippen molar-refractivity contribution in [3.8, 4) is 17.4 Å². The highest BCUT2D eigenvalue weighted by Crippen LogP contribution is 2.32. The molecule has 0 saturated heterocycles. The fourth-order valence-corrected chi connectivity index (χ4v) is 1.80. The molecular weight excluding hydrogens is 246 g/mol. The number of ether oxygens (including phenoxy) is 3. The average molecular weight is 259 g/mol. The molecule has 0 fully saturated rings. The van der Waals surface area contributed by atoms with Crippen LogP contribution in [0.1, 0.15) is 11.1 Å². The van der Waals surface area contributed by atoms with Crippen LogP contribution in [0.15, 0.2) is 30.5 Å². The first kappa shape index (κ1) is 11.7. The Morgan fingerprint density at radius 2 is 2.11 bits per heavy atom. The van der Waals surface area contributed by atoms with Crippen LogP contribution < -0.4 is 19.9 Å². The van der Waals surface area contributed by atoms with E-state index in [2.05, 4.69) is 10.2 Å². The second kappa shape index (κ2) is 5.11. The highest BCUT2D eigenvalue weighted by Gasteiger charge is 2.13. The lowest BCUT2D eigenvalue weighted by Crippen LogP contribution is -2.05. The largest absolute Gasteiger partial charge is 0.471 e. The summed E-state index contributed by atoms with van der Waals surface area (Å²) in [4.78, 5) is 0. The Morgan fingerprint density at radius 1 is 1.21 bits per heavy atom. The molecule has 0 aliphatic carbocycles. The van der Waals surface area contributed by atoms with Crippen molar-refractivity contribution in [3.05, 3.63) is 41.6 Å². The minimum atomic E-state index is 0.265. The summed E-state index contributed by atoms with van der Waals surface area (Å²) in [5, 5.41) is 7.72. The Morgan fingerprint density at radius 3 is 3.00 bits per heavy atom. The minimum Gasteiger partial charge on any atom is -0.471 e. The van der Waals surface area contributed by atoms with Gasteiger partial charge in [-0.1, -0.05) is 6.07 Å². The summed E-state index contributed by atoms with van der Waals surface area (Å²) in [6.45, 7) is 1.01. The molecule has 0 radical (unpaired) electrons. The van der Waals surface area contributed by atoms with Gasteiger partial charge in [-0.15, -0.1) is 5.10 Å². The lowest BCUT2D eigenvalue weighted by atomic mass is 10.2. The molecule has 1 aliphatic rings. The van der Waals surface area contributed by atoms with Gasteiger partial charge in [0.2, 0.25) is 12.7 Å². The first-order valence-corrected chi connectivity index (χ1v) is 5.89. The van der Waals surface area contributed by atoms with Crippen molar-refractivity contribution in [2.75, 3.05) is 6.79 Å². The Labute approximate surface area is 110 Å². The number of benzene rings is 1. The quantitative estimate of drug-likeness (QED) is 0.890. The molecule has 0 spiro atoms. The van der Waals surface area contributed by atoms with E-state index in [4.69, 9.17) is 19.9 Å². The zero-order valence-corrected chi connectivity index (χ0v) is 10.2. The normalized spacial score (nSPS) is 12.5. The fraction of sp³-hybridized carbons (Fsp3) is 0.231. The second-order valence-corrected chi connectivity index (χ2v) is 4.04. The maximum Gasteiger partial charge on any atom is 0.238 e.